The first-order valence-corrected chi connectivity index (χ1v) is 8.66. The van der Waals surface area contributed by atoms with Crippen molar-refractivity contribution >= 4 is 21.6 Å². The van der Waals surface area contributed by atoms with Gasteiger partial charge in [-0.1, -0.05) is 11.6 Å². The molecule has 4 nitrogen and oxygen atoms in total. The summed E-state index contributed by atoms with van der Waals surface area (Å²) in [5.74, 6) is 0. The zero-order valence-electron chi connectivity index (χ0n) is 12.0. The summed E-state index contributed by atoms with van der Waals surface area (Å²) in [6.45, 7) is 5.14. The minimum atomic E-state index is -3.50. The molecule has 2 aromatic rings. The molecule has 0 saturated carbocycles. The highest BCUT2D eigenvalue weighted by Gasteiger charge is 2.34. The van der Waals surface area contributed by atoms with Crippen molar-refractivity contribution in [1.29, 1.82) is 0 Å². The molecule has 0 aliphatic carbocycles. The van der Waals surface area contributed by atoms with Crippen LogP contribution in [0.25, 0.3) is 0 Å². The highest BCUT2D eigenvalue weighted by molar-refractivity contribution is 7.89. The van der Waals surface area contributed by atoms with Crippen LogP contribution in [0.5, 0.6) is 0 Å². The Morgan fingerprint density at radius 3 is 2.43 bits per heavy atom. The lowest BCUT2D eigenvalue weighted by Crippen LogP contribution is -2.40. The molecule has 21 heavy (non-hydrogen) atoms. The standard InChI is InChI=1S/C15H17ClN2O2S/c1-11-3-8-15-12(2)18(10-9-17(11)15)21(19,20)14-6-4-13(16)5-7-14/h3-8,12H,9-10H2,1-2H3/t12-/m1/s1. The van der Waals surface area contributed by atoms with Gasteiger partial charge in [0.2, 0.25) is 10.0 Å². The normalized spacial score (nSPS) is 19.5. The van der Waals surface area contributed by atoms with Gasteiger partial charge < -0.3 is 4.57 Å². The second-order valence-corrected chi connectivity index (χ2v) is 7.62. The van der Waals surface area contributed by atoms with E-state index in [9.17, 15) is 8.42 Å². The van der Waals surface area contributed by atoms with Crippen LogP contribution >= 0.6 is 11.6 Å². The van der Waals surface area contributed by atoms with Gasteiger partial charge in [-0.25, -0.2) is 8.42 Å². The van der Waals surface area contributed by atoms with Crippen molar-refractivity contribution in [1.82, 2.24) is 8.87 Å². The first kappa shape index (κ1) is 14.6. The number of fused-ring (bicyclic) bond motifs is 1. The maximum Gasteiger partial charge on any atom is 0.243 e. The Morgan fingerprint density at radius 2 is 1.76 bits per heavy atom. The molecule has 0 fully saturated rings. The van der Waals surface area contributed by atoms with Crippen molar-refractivity contribution in [2.45, 2.75) is 31.3 Å². The second-order valence-electron chi connectivity index (χ2n) is 5.30. The van der Waals surface area contributed by atoms with Gasteiger partial charge in [0.1, 0.15) is 0 Å². The van der Waals surface area contributed by atoms with E-state index in [1.54, 1.807) is 28.6 Å². The lowest BCUT2D eigenvalue weighted by molar-refractivity contribution is 0.280. The average molecular weight is 325 g/mol. The van der Waals surface area contributed by atoms with Gasteiger partial charge in [-0.05, 0) is 50.2 Å². The molecule has 1 aliphatic heterocycles. The zero-order valence-corrected chi connectivity index (χ0v) is 13.5. The Morgan fingerprint density at radius 1 is 1.10 bits per heavy atom. The number of aryl methyl sites for hydroxylation is 1. The molecular formula is C15H17ClN2O2S. The summed E-state index contributed by atoms with van der Waals surface area (Å²) in [4.78, 5) is 0.287. The van der Waals surface area contributed by atoms with Gasteiger partial charge in [-0.3, -0.25) is 0 Å². The lowest BCUT2D eigenvalue weighted by atomic mass is 10.2. The van der Waals surface area contributed by atoms with Gasteiger partial charge in [0.15, 0.2) is 0 Å². The lowest BCUT2D eigenvalue weighted by Gasteiger charge is -2.34. The van der Waals surface area contributed by atoms with E-state index >= 15 is 0 Å². The molecule has 1 atom stereocenters. The molecular weight excluding hydrogens is 308 g/mol. The summed E-state index contributed by atoms with van der Waals surface area (Å²) in [6, 6.07) is 10.2. The summed E-state index contributed by atoms with van der Waals surface area (Å²) < 4.78 is 29.3. The third-order valence-corrected chi connectivity index (χ3v) is 6.29. The topological polar surface area (TPSA) is 42.3 Å². The fraction of sp³-hybridized carbons (Fsp3) is 0.333. The van der Waals surface area contributed by atoms with Gasteiger partial charge in [-0.2, -0.15) is 4.31 Å². The third-order valence-electron chi connectivity index (χ3n) is 4.06. The van der Waals surface area contributed by atoms with E-state index in [1.165, 1.54) is 5.69 Å². The van der Waals surface area contributed by atoms with Crippen molar-refractivity contribution in [3.8, 4) is 0 Å². The predicted molar refractivity (Wildman–Crippen MR) is 82.9 cm³/mol. The molecule has 0 amide bonds. The van der Waals surface area contributed by atoms with Crippen LogP contribution in [0.2, 0.25) is 5.02 Å². The zero-order chi connectivity index (χ0) is 15.2. The van der Waals surface area contributed by atoms with Gasteiger partial charge >= 0.3 is 0 Å². The summed E-state index contributed by atoms with van der Waals surface area (Å²) in [7, 11) is -3.50. The van der Waals surface area contributed by atoms with Gasteiger partial charge in [0.25, 0.3) is 0 Å². The summed E-state index contributed by atoms with van der Waals surface area (Å²) in [6.07, 6.45) is 0. The molecule has 3 rings (SSSR count). The van der Waals surface area contributed by atoms with Crippen molar-refractivity contribution in [2.75, 3.05) is 6.54 Å². The average Bonchev–Trinajstić information content (AvgIpc) is 2.82. The highest BCUT2D eigenvalue weighted by Crippen LogP contribution is 2.32. The molecule has 0 spiro atoms. The van der Waals surface area contributed by atoms with E-state index in [2.05, 4.69) is 4.57 Å². The van der Waals surface area contributed by atoms with E-state index in [4.69, 9.17) is 11.6 Å². The van der Waals surface area contributed by atoms with Crippen molar-refractivity contribution in [2.24, 2.45) is 0 Å². The number of benzene rings is 1. The van der Waals surface area contributed by atoms with E-state index < -0.39 is 10.0 Å². The fourth-order valence-corrected chi connectivity index (χ4v) is 4.59. The number of sulfonamides is 1. The van der Waals surface area contributed by atoms with Crippen LogP contribution in [0, 0.1) is 6.92 Å². The maximum absolute atomic E-state index is 12.8. The molecule has 0 N–H and O–H groups in total. The van der Waals surface area contributed by atoms with Crippen molar-refractivity contribution in [3.05, 3.63) is 52.8 Å². The first-order valence-electron chi connectivity index (χ1n) is 6.84. The fourth-order valence-electron chi connectivity index (χ4n) is 2.87. The second kappa shape index (κ2) is 5.16. The summed E-state index contributed by atoms with van der Waals surface area (Å²) >= 11 is 5.83. The van der Waals surface area contributed by atoms with Crippen molar-refractivity contribution in [3.63, 3.8) is 0 Å². The Hall–Kier alpha value is -1.30. The van der Waals surface area contributed by atoms with E-state index in [0.29, 0.717) is 18.1 Å². The molecule has 2 heterocycles. The van der Waals surface area contributed by atoms with Gasteiger partial charge in [-0.15, -0.1) is 0 Å². The third kappa shape index (κ3) is 2.39. The van der Waals surface area contributed by atoms with Crippen LogP contribution in [0.15, 0.2) is 41.3 Å². The number of aromatic nitrogens is 1. The predicted octanol–water partition coefficient (Wildman–Crippen LogP) is 3.22. The highest BCUT2D eigenvalue weighted by atomic mass is 35.5. The Labute approximate surface area is 130 Å². The molecule has 0 bridgehead atoms. The quantitative estimate of drug-likeness (QED) is 0.851. The smallest absolute Gasteiger partial charge is 0.243 e. The minimum Gasteiger partial charge on any atom is -0.346 e. The minimum absolute atomic E-state index is 0.173. The SMILES string of the molecule is Cc1ccc2n1CCN(S(=O)(=O)c1ccc(Cl)cc1)[C@@H]2C. The Kier molecular flexibility index (Phi) is 3.59. The van der Waals surface area contributed by atoms with Crippen LogP contribution in [0.4, 0.5) is 0 Å². The molecule has 0 radical (unpaired) electrons. The Balaban J connectivity index is 1.99. The van der Waals surface area contributed by atoms with Crippen molar-refractivity contribution < 1.29 is 8.42 Å². The van der Waals surface area contributed by atoms with E-state index in [1.807, 2.05) is 26.0 Å². The number of hydrogen-bond donors (Lipinski definition) is 0. The molecule has 112 valence electrons. The van der Waals surface area contributed by atoms with Crippen LogP contribution in [-0.4, -0.2) is 23.8 Å². The Bertz CT molecular complexity index is 765. The van der Waals surface area contributed by atoms with Gasteiger partial charge in [0.05, 0.1) is 10.9 Å². The van der Waals surface area contributed by atoms with Crippen LogP contribution in [-0.2, 0) is 16.6 Å². The monoisotopic (exact) mass is 324 g/mol. The molecule has 6 heteroatoms. The number of halogens is 1. The number of rotatable bonds is 2. The summed E-state index contributed by atoms with van der Waals surface area (Å²) in [5, 5.41) is 0.533. The molecule has 0 unspecified atom stereocenters. The summed E-state index contributed by atoms with van der Waals surface area (Å²) in [5.41, 5.74) is 2.21. The molecule has 1 aromatic heterocycles. The molecule has 0 saturated heterocycles. The van der Waals surface area contributed by atoms with E-state index in [-0.39, 0.29) is 10.9 Å². The number of nitrogens with zero attached hydrogens (tertiary/aromatic N) is 2. The molecule has 1 aliphatic rings. The number of hydrogen-bond acceptors (Lipinski definition) is 2. The van der Waals surface area contributed by atoms with Gasteiger partial charge in [0, 0.05) is 29.5 Å². The molecule has 1 aromatic carbocycles. The van der Waals surface area contributed by atoms with Crippen LogP contribution in [0.3, 0.4) is 0 Å². The maximum atomic E-state index is 12.8. The largest absolute Gasteiger partial charge is 0.346 e. The van der Waals surface area contributed by atoms with Crippen LogP contribution < -0.4 is 0 Å². The van der Waals surface area contributed by atoms with Crippen LogP contribution in [0.1, 0.15) is 24.4 Å². The van der Waals surface area contributed by atoms with E-state index in [0.717, 1.165) is 5.69 Å². The first-order chi connectivity index (χ1) is 9.91.